The van der Waals surface area contributed by atoms with E-state index in [2.05, 4.69) is 10.3 Å². The van der Waals surface area contributed by atoms with Crippen LogP contribution < -0.4 is 20.5 Å². The van der Waals surface area contributed by atoms with Crippen LogP contribution >= 0.6 is 0 Å². The molecule has 6 heteroatoms. The average molecular weight is 287 g/mol. The van der Waals surface area contributed by atoms with Crippen molar-refractivity contribution in [3.8, 4) is 11.5 Å². The summed E-state index contributed by atoms with van der Waals surface area (Å²) in [5.74, 6) is 0.936. The highest BCUT2D eigenvalue weighted by atomic mass is 16.5. The number of aromatic nitrogens is 1. The van der Waals surface area contributed by atoms with E-state index >= 15 is 0 Å². The Morgan fingerprint density at radius 1 is 1.24 bits per heavy atom. The minimum Gasteiger partial charge on any atom is -0.493 e. The number of benzene rings is 1. The van der Waals surface area contributed by atoms with Crippen molar-refractivity contribution in [1.29, 1.82) is 0 Å². The number of pyridine rings is 1. The smallest absolute Gasteiger partial charge is 0.272 e. The average Bonchev–Trinajstić information content (AvgIpc) is 2.52. The first kappa shape index (κ1) is 14.6. The Morgan fingerprint density at radius 2 is 2.00 bits per heavy atom. The van der Waals surface area contributed by atoms with E-state index in [1.807, 2.05) is 6.07 Å². The van der Waals surface area contributed by atoms with Crippen LogP contribution in [0.3, 0.4) is 0 Å². The summed E-state index contributed by atoms with van der Waals surface area (Å²) in [5.41, 5.74) is 7.17. The maximum Gasteiger partial charge on any atom is 0.272 e. The van der Waals surface area contributed by atoms with Crippen molar-refractivity contribution in [3.05, 3.63) is 47.8 Å². The second kappa shape index (κ2) is 6.60. The number of nitrogens with one attached hydrogen (secondary N) is 1. The number of nitrogens with zero attached hydrogens (tertiary/aromatic N) is 1. The van der Waals surface area contributed by atoms with Crippen molar-refractivity contribution in [1.82, 2.24) is 10.3 Å². The van der Waals surface area contributed by atoms with Gasteiger partial charge in [-0.25, -0.2) is 4.98 Å². The molecule has 0 atom stereocenters. The summed E-state index contributed by atoms with van der Waals surface area (Å²) in [5, 5.41) is 2.77. The highest BCUT2D eigenvalue weighted by Gasteiger charge is 2.11. The third-order valence-corrected chi connectivity index (χ3v) is 2.96. The van der Waals surface area contributed by atoms with E-state index in [1.54, 1.807) is 38.5 Å². The van der Waals surface area contributed by atoms with Gasteiger partial charge in [-0.15, -0.1) is 0 Å². The van der Waals surface area contributed by atoms with Gasteiger partial charge in [-0.1, -0.05) is 6.07 Å². The lowest BCUT2D eigenvalue weighted by atomic mass is 10.2. The number of methoxy groups -OCH3 is 2. The standard InChI is InChI=1S/C15H17N3O3/c1-20-12-6-5-10(8-13(12)21-2)9-18-15(19)14-11(16)4-3-7-17-14/h3-8H,9,16H2,1-2H3,(H,18,19). The lowest BCUT2D eigenvalue weighted by molar-refractivity contribution is 0.0947. The molecule has 0 unspecified atom stereocenters. The first-order valence-electron chi connectivity index (χ1n) is 6.35. The van der Waals surface area contributed by atoms with Gasteiger partial charge in [0.25, 0.3) is 5.91 Å². The summed E-state index contributed by atoms with van der Waals surface area (Å²) >= 11 is 0. The summed E-state index contributed by atoms with van der Waals surface area (Å²) < 4.78 is 10.4. The van der Waals surface area contributed by atoms with E-state index < -0.39 is 0 Å². The van der Waals surface area contributed by atoms with Crippen LogP contribution in [0, 0.1) is 0 Å². The molecule has 0 fully saturated rings. The maximum absolute atomic E-state index is 12.0. The number of anilines is 1. The number of carbonyl (C=O) groups excluding carboxylic acids is 1. The van der Waals surface area contributed by atoms with Gasteiger partial charge >= 0.3 is 0 Å². The van der Waals surface area contributed by atoms with Crippen LogP contribution in [-0.4, -0.2) is 25.1 Å². The van der Waals surface area contributed by atoms with Gasteiger partial charge in [-0.3, -0.25) is 4.79 Å². The number of hydrogen-bond acceptors (Lipinski definition) is 5. The molecule has 0 spiro atoms. The molecule has 2 rings (SSSR count). The van der Waals surface area contributed by atoms with Gasteiger partial charge in [-0.2, -0.15) is 0 Å². The van der Waals surface area contributed by atoms with Crippen LogP contribution in [0.4, 0.5) is 5.69 Å². The first-order chi connectivity index (χ1) is 10.2. The van der Waals surface area contributed by atoms with Gasteiger partial charge in [0.15, 0.2) is 17.2 Å². The fraction of sp³-hybridized carbons (Fsp3) is 0.200. The summed E-state index contributed by atoms with van der Waals surface area (Å²) in [7, 11) is 3.14. The van der Waals surface area contributed by atoms with Crippen LogP contribution in [0.2, 0.25) is 0 Å². The number of ether oxygens (including phenoxy) is 2. The van der Waals surface area contributed by atoms with Crippen LogP contribution in [-0.2, 0) is 6.54 Å². The molecule has 0 bridgehead atoms. The number of amides is 1. The maximum atomic E-state index is 12.0. The van der Waals surface area contributed by atoms with Gasteiger partial charge in [0.2, 0.25) is 0 Å². The zero-order valence-electron chi connectivity index (χ0n) is 11.9. The molecule has 21 heavy (non-hydrogen) atoms. The second-order valence-electron chi connectivity index (χ2n) is 4.31. The zero-order valence-corrected chi connectivity index (χ0v) is 11.9. The fourth-order valence-corrected chi connectivity index (χ4v) is 1.86. The number of nitrogens with two attached hydrogens (primary N) is 1. The molecule has 0 aliphatic carbocycles. The number of rotatable bonds is 5. The lowest BCUT2D eigenvalue weighted by Crippen LogP contribution is -2.24. The predicted octanol–water partition coefficient (Wildman–Crippen LogP) is 1.61. The monoisotopic (exact) mass is 287 g/mol. The van der Waals surface area contributed by atoms with Crippen LogP contribution in [0.5, 0.6) is 11.5 Å². The van der Waals surface area contributed by atoms with Gasteiger partial charge in [-0.05, 0) is 29.8 Å². The summed E-state index contributed by atoms with van der Waals surface area (Å²) in [6, 6.07) is 8.76. The normalized spacial score (nSPS) is 10.0. The van der Waals surface area contributed by atoms with E-state index in [4.69, 9.17) is 15.2 Å². The zero-order chi connectivity index (χ0) is 15.2. The quantitative estimate of drug-likeness (QED) is 0.872. The minimum absolute atomic E-state index is 0.220. The molecule has 1 aromatic carbocycles. The van der Waals surface area contributed by atoms with Gasteiger partial charge in [0, 0.05) is 12.7 Å². The molecule has 3 N–H and O–H groups in total. The molecule has 0 aliphatic rings. The molecule has 0 radical (unpaired) electrons. The summed E-state index contributed by atoms with van der Waals surface area (Å²) in [4.78, 5) is 16.0. The third kappa shape index (κ3) is 3.42. The largest absolute Gasteiger partial charge is 0.493 e. The van der Waals surface area contributed by atoms with E-state index in [-0.39, 0.29) is 11.6 Å². The van der Waals surface area contributed by atoms with Crippen LogP contribution in [0.15, 0.2) is 36.5 Å². The Balaban J connectivity index is 2.06. The van der Waals surface area contributed by atoms with E-state index in [9.17, 15) is 4.79 Å². The van der Waals surface area contributed by atoms with Gasteiger partial charge in [0.05, 0.1) is 19.9 Å². The summed E-state index contributed by atoms with van der Waals surface area (Å²) in [6.45, 7) is 0.342. The highest BCUT2D eigenvalue weighted by Crippen LogP contribution is 2.27. The Morgan fingerprint density at radius 3 is 2.67 bits per heavy atom. The van der Waals surface area contributed by atoms with Crippen molar-refractivity contribution in [2.24, 2.45) is 0 Å². The molecule has 2 aromatic rings. The molecule has 1 heterocycles. The molecular weight excluding hydrogens is 270 g/mol. The van der Waals surface area contributed by atoms with Gasteiger partial charge < -0.3 is 20.5 Å². The molecule has 1 aromatic heterocycles. The van der Waals surface area contributed by atoms with Crippen molar-refractivity contribution in [2.45, 2.75) is 6.54 Å². The molecule has 110 valence electrons. The summed E-state index contributed by atoms with van der Waals surface area (Å²) in [6.07, 6.45) is 1.53. The molecular formula is C15H17N3O3. The third-order valence-electron chi connectivity index (χ3n) is 2.96. The molecule has 0 saturated carbocycles. The van der Waals surface area contributed by atoms with Crippen molar-refractivity contribution < 1.29 is 14.3 Å². The highest BCUT2D eigenvalue weighted by molar-refractivity contribution is 5.96. The SMILES string of the molecule is COc1ccc(CNC(=O)c2ncccc2N)cc1OC. The number of hydrogen-bond donors (Lipinski definition) is 2. The topological polar surface area (TPSA) is 86.5 Å². The van der Waals surface area contributed by atoms with Crippen molar-refractivity contribution >= 4 is 11.6 Å². The Hall–Kier alpha value is -2.76. The lowest BCUT2D eigenvalue weighted by Gasteiger charge is -2.10. The van der Waals surface area contributed by atoms with Gasteiger partial charge in [0.1, 0.15) is 0 Å². The van der Waals surface area contributed by atoms with Crippen LogP contribution in [0.1, 0.15) is 16.1 Å². The predicted molar refractivity (Wildman–Crippen MR) is 79.4 cm³/mol. The number of nitrogen functional groups attached to an aromatic ring is 1. The molecule has 1 amide bonds. The molecule has 6 nitrogen and oxygen atoms in total. The van der Waals surface area contributed by atoms with E-state index in [0.29, 0.717) is 23.7 Å². The second-order valence-corrected chi connectivity index (χ2v) is 4.31. The Labute approximate surface area is 122 Å². The van der Waals surface area contributed by atoms with Crippen molar-refractivity contribution in [2.75, 3.05) is 20.0 Å². The van der Waals surface area contributed by atoms with Crippen molar-refractivity contribution in [3.63, 3.8) is 0 Å². The van der Waals surface area contributed by atoms with E-state index in [1.165, 1.54) is 6.20 Å². The number of carbonyl (C=O) groups is 1. The first-order valence-corrected chi connectivity index (χ1v) is 6.35. The Bertz CT molecular complexity index is 644. The minimum atomic E-state index is -0.317. The Kier molecular flexibility index (Phi) is 4.61. The molecule has 0 saturated heterocycles. The van der Waals surface area contributed by atoms with E-state index in [0.717, 1.165) is 5.56 Å². The van der Waals surface area contributed by atoms with Crippen LogP contribution in [0.25, 0.3) is 0 Å². The molecule has 0 aliphatic heterocycles. The fourth-order valence-electron chi connectivity index (χ4n) is 1.86.